The SMILES string of the molecule is [C-]#[N+]c1cc(OC)c2nc(NC(=O)CC3(C)CC3)n(C(C)(C)C)c2c1. The fourth-order valence-electron chi connectivity index (χ4n) is 3.06. The van der Waals surface area contributed by atoms with Crippen LogP contribution >= 0.6 is 0 Å². The minimum Gasteiger partial charge on any atom is -0.496 e. The second kappa shape index (κ2) is 5.76. The highest BCUT2D eigenvalue weighted by Gasteiger charge is 2.39. The molecule has 2 aromatic rings. The van der Waals surface area contributed by atoms with Crippen molar-refractivity contribution in [3.8, 4) is 5.75 Å². The molecule has 3 rings (SSSR count). The van der Waals surface area contributed by atoms with Crippen LogP contribution in [-0.4, -0.2) is 22.6 Å². The summed E-state index contributed by atoms with van der Waals surface area (Å²) in [4.78, 5) is 20.6. The van der Waals surface area contributed by atoms with E-state index in [0.717, 1.165) is 18.4 Å². The number of imidazole rings is 1. The first-order valence-electron chi connectivity index (χ1n) is 8.45. The molecule has 0 bridgehead atoms. The fourth-order valence-corrected chi connectivity index (χ4v) is 3.06. The number of anilines is 1. The molecule has 1 fully saturated rings. The lowest BCUT2D eigenvalue weighted by atomic mass is 10.1. The van der Waals surface area contributed by atoms with E-state index in [2.05, 4.69) is 22.1 Å². The van der Waals surface area contributed by atoms with E-state index in [0.29, 0.717) is 29.3 Å². The number of carbonyl (C=O) groups is 1. The van der Waals surface area contributed by atoms with Crippen molar-refractivity contribution >= 4 is 28.6 Å². The molecule has 0 saturated heterocycles. The maximum atomic E-state index is 12.5. The van der Waals surface area contributed by atoms with Crippen LogP contribution in [0.3, 0.4) is 0 Å². The van der Waals surface area contributed by atoms with Crippen molar-refractivity contribution in [2.24, 2.45) is 5.41 Å². The van der Waals surface area contributed by atoms with Gasteiger partial charge in [-0.1, -0.05) is 6.92 Å². The molecular formula is C19H24N4O2. The largest absolute Gasteiger partial charge is 0.496 e. The maximum Gasteiger partial charge on any atom is 0.227 e. The van der Waals surface area contributed by atoms with Crippen LogP contribution in [0.15, 0.2) is 12.1 Å². The number of hydrogen-bond donors (Lipinski definition) is 1. The Balaban J connectivity index is 2.10. The van der Waals surface area contributed by atoms with E-state index in [9.17, 15) is 4.79 Å². The van der Waals surface area contributed by atoms with Crippen LogP contribution in [0.25, 0.3) is 15.9 Å². The van der Waals surface area contributed by atoms with Crippen molar-refractivity contribution in [2.75, 3.05) is 12.4 Å². The molecule has 0 radical (unpaired) electrons. The Morgan fingerprint density at radius 2 is 2.12 bits per heavy atom. The Kier molecular flexibility index (Phi) is 3.98. The van der Waals surface area contributed by atoms with Crippen LogP contribution in [0.4, 0.5) is 11.6 Å². The molecule has 1 aliphatic rings. The van der Waals surface area contributed by atoms with Gasteiger partial charge in [-0.25, -0.2) is 9.83 Å². The smallest absolute Gasteiger partial charge is 0.227 e. The van der Waals surface area contributed by atoms with Crippen LogP contribution in [0, 0.1) is 12.0 Å². The molecule has 1 N–H and O–H groups in total. The molecule has 25 heavy (non-hydrogen) atoms. The Morgan fingerprint density at radius 3 is 2.64 bits per heavy atom. The van der Waals surface area contributed by atoms with Gasteiger partial charge in [0.15, 0.2) is 5.69 Å². The summed E-state index contributed by atoms with van der Waals surface area (Å²) in [6, 6.07) is 3.47. The Morgan fingerprint density at radius 1 is 1.44 bits per heavy atom. The lowest BCUT2D eigenvalue weighted by Crippen LogP contribution is -2.26. The highest BCUT2D eigenvalue weighted by molar-refractivity contribution is 5.94. The summed E-state index contributed by atoms with van der Waals surface area (Å²) in [6.45, 7) is 15.6. The zero-order valence-electron chi connectivity index (χ0n) is 15.4. The van der Waals surface area contributed by atoms with Crippen LogP contribution in [-0.2, 0) is 10.3 Å². The first-order valence-corrected chi connectivity index (χ1v) is 8.45. The van der Waals surface area contributed by atoms with Gasteiger partial charge < -0.3 is 9.30 Å². The minimum absolute atomic E-state index is 0.0230. The minimum atomic E-state index is -0.313. The van der Waals surface area contributed by atoms with Crippen LogP contribution in [0.1, 0.15) is 47.0 Å². The van der Waals surface area contributed by atoms with E-state index >= 15 is 0 Å². The number of fused-ring (bicyclic) bond motifs is 1. The number of ether oxygens (including phenoxy) is 1. The van der Waals surface area contributed by atoms with Crippen molar-refractivity contribution in [1.82, 2.24) is 9.55 Å². The summed E-state index contributed by atoms with van der Waals surface area (Å²) >= 11 is 0. The first-order chi connectivity index (χ1) is 11.7. The third-order valence-electron chi connectivity index (χ3n) is 4.67. The molecule has 0 unspecified atom stereocenters. The van der Waals surface area contributed by atoms with E-state index in [1.807, 2.05) is 25.3 Å². The first kappa shape index (κ1) is 17.3. The third-order valence-corrected chi connectivity index (χ3v) is 4.67. The van der Waals surface area contributed by atoms with Crippen molar-refractivity contribution in [1.29, 1.82) is 0 Å². The predicted molar refractivity (Wildman–Crippen MR) is 98.1 cm³/mol. The van der Waals surface area contributed by atoms with Crippen molar-refractivity contribution < 1.29 is 9.53 Å². The Labute approximate surface area is 148 Å². The summed E-state index contributed by atoms with van der Waals surface area (Å²) in [5.41, 5.74) is 1.74. The van der Waals surface area contributed by atoms with Gasteiger partial charge >= 0.3 is 0 Å². The zero-order chi connectivity index (χ0) is 18.4. The highest BCUT2D eigenvalue weighted by Crippen LogP contribution is 2.48. The summed E-state index contributed by atoms with van der Waals surface area (Å²) in [6.07, 6.45) is 2.70. The molecule has 132 valence electrons. The monoisotopic (exact) mass is 340 g/mol. The van der Waals surface area contributed by atoms with Gasteiger partial charge in [0.2, 0.25) is 11.9 Å². The summed E-state index contributed by atoms with van der Waals surface area (Å²) in [5, 5.41) is 2.97. The Hall–Kier alpha value is -2.55. The van der Waals surface area contributed by atoms with E-state index in [1.54, 1.807) is 19.2 Å². The van der Waals surface area contributed by atoms with Gasteiger partial charge in [-0.15, -0.1) is 0 Å². The van der Waals surface area contributed by atoms with Gasteiger partial charge in [0, 0.05) is 12.0 Å². The number of methoxy groups -OCH3 is 1. The molecule has 1 aromatic heterocycles. The average Bonchev–Trinajstić information content (AvgIpc) is 3.11. The average molecular weight is 340 g/mol. The summed E-state index contributed by atoms with van der Waals surface area (Å²) in [7, 11) is 1.56. The van der Waals surface area contributed by atoms with E-state index in [-0.39, 0.29) is 16.9 Å². The molecule has 1 heterocycles. The maximum absolute atomic E-state index is 12.5. The van der Waals surface area contributed by atoms with E-state index < -0.39 is 0 Å². The molecule has 6 heteroatoms. The molecule has 1 saturated carbocycles. The number of hydrogen-bond acceptors (Lipinski definition) is 3. The number of rotatable bonds is 4. The molecular weight excluding hydrogens is 316 g/mol. The lowest BCUT2D eigenvalue weighted by Gasteiger charge is -2.25. The number of carbonyl (C=O) groups excluding carboxylic acids is 1. The van der Waals surface area contributed by atoms with Gasteiger partial charge in [0.25, 0.3) is 0 Å². The van der Waals surface area contributed by atoms with Gasteiger partial charge in [-0.2, -0.15) is 0 Å². The standard InChI is InChI=1S/C19H24N4O2/c1-18(2,3)23-13-9-12(20-5)10-14(25-6)16(13)22-17(23)21-15(24)11-19(4)7-8-19/h9-10H,7-8,11H2,1-4,6H3,(H,21,22,24). The molecule has 1 aromatic carbocycles. The van der Waals surface area contributed by atoms with Gasteiger partial charge in [0.1, 0.15) is 11.3 Å². The topological polar surface area (TPSA) is 60.5 Å². The Bertz CT molecular complexity index is 879. The zero-order valence-corrected chi connectivity index (χ0v) is 15.4. The quantitative estimate of drug-likeness (QED) is 0.835. The lowest BCUT2D eigenvalue weighted by molar-refractivity contribution is -0.117. The second-order valence-electron chi connectivity index (χ2n) is 8.10. The molecule has 0 atom stereocenters. The van der Waals surface area contributed by atoms with Crippen molar-refractivity contribution in [3.05, 3.63) is 23.5 Å². The van der Waals surface area contributed by atoms with Crippen molar-refractivity contribution in [3.63, 3.8) is 0 Å². The number of nitrogens with zero attached hydrogens (tertiary/aromatic N) is 3. The number of nitrogens with one attached hydrogen (secondary N) is 1. The number of amides is 1. The van der Waals surface area contributed by atoms with E-state index in [1.165, 1.54) is 0 Å². The fraction of sp³-hybridized carbons (Fsp3) is 0.526. The van der Waals surface area contributed by atoms with Crippen LogP contribution in [0.2, 0.25) is 0 Å². The normalized spacial score (nSPS) is 15.7. The van der Waals surface area contributed by atoms with Crippen LogP contribution < -0.4 is 10.1 Å². The molecule has 6 nitrogen and oxygen atoms in total. The molecule has 0 aliphatic heterocycles. The number of benzene rings is 1. The van der Waals surface area contributed by atoms with Gasteiger partial charge in [0.05, 0.1) is 19.2 Å². The molecule has 0 spiro atoms. The summed E-state index contributed by atoms with van der Waals surface area (Å²) < 4.78 is 7.38. The van der Waals surface area contributed by atoms with E-state index in [4.69, 9.17) is 11.3 Å². The van der Waals surface area contributed by atoms with Crippen LogP contribution in [0.5, 0.6) is 5.75 Å². The number of aromatic nitrogens is 2. The van der Waals surface area contributed by atoms with Gasteiger partial charge in [-0.05, 0) is 51.2 Å². The second-order valence-corrected chi connectivity index (χ2v) is 8.10. The summed E-state index contributed by atoms with van der Waals surface area (Å²) in [5.74, 6) is 1.01. The van der Waals surface area contributed by atoms with Crippen molar-refractivity contribution in [2.45, 2.75) is 52.5 Å². The highest BCUT2D eigenvalue weighted by atomic mass is 16.5. The molecule has 1 aliphatic carbocycles. The third kappa shape index (κ3) is 3.32. The molecule has 1 amide bonds. The van der Waals surface area contributed by atoms with Gasteiger partial charge in [-0.3, -0.25) is 10.1 Å². The predicted octanol–water partition coefficient (Wildman–Crippen LogP) is 4.48.